The fourth-order valence-electron chi connectivity index (χ4n) is 2.50. The Hall–Kier alpha value is -2.10. The molecule has 0 amide bonds. The largest absolute Gasteiger partial charge is 0.345 e. The van der Waals surface area contributed by atoms with Crippen LogP contribution in [0.15, 0.2) is 43.2 Å². The Bertz CT molecular complexity index is 639. The molecule has 3 aromatic rings. The van der Waals surface area contributed by atoms with Gasteiger partial charge in [-0.15, -0.1) is 0 Å². The van der Waals surface area contributed by atoms with E-state index in [1.807, 2.05) is 18.7 Å². The van der Waals surface area contributed by atoms with Crippen LogP contribution >= 0.6 is 0 Å². The van der Waals surface area contributed by atoms with Crippen molar-refractivity contribution in [2.75, 3.05) is 0 Å². The summed E-state index contributed by atoms with van der Waals surface area (Å²) >= 11 is 0. The topological polar surface area (TPSA) is 46.5 Å². The first kappa shape index (κ1) is 12.0. The van der Waals surface area contributed by atoms with Crippen molar-refractivity contribution >= 4 is 11.0 Å². The minimum atomic E-state index is 0.357. The molecule has 0 aliphatic heterocycles. The van der Waals surface area contributed by atoms with Crippen LogP contribution in [0.1, 0.15) is 37.8 Å². The lowest BCUT2D eigenvalue weighted by Gasteiger charge is -2.18. The molecule has 4 nitrogen and oxygen atoms in total. The molecule has 0 radical (unpaired) electrons. The molecule has 0 saturated heterocycles. The van der Waals surface area contributed by atoms with Gasteiger partial charge in [-0.3, -0.25) is 0 Å². The van der Waals surface area contributed by atoms with Crippen LogP contribution in [0.3, 0.4) is 0 Å². The summed E-state index contributed by atoms with van der Waals surface area (Å²) in [6.45, 7) is 2.23. The van der Waals surface area contributed by atoms with E-state index in [2.05, 4.69) is 44.6 Å². The normalized spacial score (nSPS) is 12.9. The van der Waals surface area contributed by atoms with Crippen LogP contribution in [0.2, 0.25) is 0 Å². The lowest BCUT2D eigenvalue weighted by atomic mass is 10.0. The summed E-state index contributed by atoms with van der Waals surface area (Å²) in [5.41, 5.74) is 3.42. The maximum atomic E-state index is 4.27. The highest BCUT2D eigenvalue weighted by atomic mass is 15.0. The molecule has 0 fully saturated rings. The lowest BCUT2D eigenvalue weighted by Crippen LogP contribution is -2.08. The second-order valence-corrected chi connectivity index (χ2v) is 4.85. The zero-order chi connectivity index (χ0) is 13.1. The van der Waals surface area contributed by atoms with Crippen LogP contribution in [0.25, 0.3) is 11.0 Å². The summed E-state index contributed by atoms with van der Waals surface area (Å²) in [6.07, 6.45) is 11.1. The van der Waals surface area contributed by atoms with Crippen molar-refractivity contribution in [3.8, 4) is 0 Å². The average molecular weight is 254 g/mol. The summed E-state index contributed by atoms with van der Waals surface area (Å²) in [5.74, 6) is 0. The van der Waals surface area contributed by atoms with Gasteiger partial charge in [0.2, 0.25) is 0 Å². The number of unbranched alkanes of at least 4 members (excludes halogenated alkanes) is 1. The number of benzene rings is 1. The molecule has 2 aromatic heterocycles. The Morgan fingerprint density at radius 3 is 3.11 bits per heavy atom. The molecule has 2 heterocycles. The molecular weight excluding hydrogens is 236 g/mol. The predicted molar refractivity (Wildman–Crippen MR) is 76.0 cm³/mol. The molecule has 0 bridgehead atoms. The van der Waals surface area contributed by atoms with Gasteiger partial charge >= 0.3 is 0 Å². The average Bonchev–Trinajstić information content (AvgIpc) is 3.09. The Morgan fingerprint density at radius 2 is 2.32 bits per heavy atom. The fourth-order valence-corrected chi connectivity index (χ4v) is 2.50. The SMILES string of the molecule is CCCCC(c1ccc2nc[nH]c2c1)n1ccnc1. The Labute approximate surface area is 112 Å². The number of aromatic nitrogens is 4. The molecule has 0 aliphatic rings. The van der Waals surface area contributed by atoms with E-state index in [-0.39, 0.29) is 0 Å². The molecule has 1 unspecified atom stereocenters. The zero-order valence-corrected chi connectivity index (χ0v) is 11.1. The quantitative estimate of drug-likeness (QED) is 0.757. The van der Waals surface area contributed by atoms with Gasteiger partial charge in [0.05, 0.1) is 29.7 Å². The number of H-pyrrole nitrogens is 1. The Morgan fingerprint density at radius 1 is 1.37 bits per heavy atom. The summed E-state index contributed by atoms with van der Waals surface area (Å²) in [4.78, 5) is 11.6. The van der Waals surface area contributed by atoms with Crippen molar-refractivity contribution in [3.05, 3.63) is 48.8 Å². The molecule has 4 heteroatoms. The van der Waals surface area contributed by atoms with Gasteiger partial charge in [0, 0.05) is 12.4 Å². The first-order valence-corrected chi connectivity index (χ1v) is 6.79. The standard InChI is InChI=1S/C15H18N4/c1-2-3-4-15(19-8-7-16-11-19)12-5-6-13-14(9-12)18-10-17-13/h5-11,15H,2-4H2,1H3,(H,17,18). The van der Waals surface area contributed by atoms with Crippen LogP contribution in [0.5, 0.6) is 0 Å². The number of fused-ring (bicyclic) bond motifs is 1. The number of aromatic amines is 1. The highest BCUT2D eigenvalue weighted by Gasteiger charge is 2.13. The van der Waals surface area contributed by atoms with Crippen LogP contribution in [-0.2, 0) is 0 Å². The molecule has 0 saturated carbocycles. The van der Waals surface area contributed by atoms with E-state index < -0.39 is 0 Å². The van der Waals surface area contributed by atoms with Crippen LogP contribution in [0.4, 0.5) is 0 Å². The molecular formula is C15H18N4. The van der Waals surface area contributed by atoms with Gasteiger partial charge in [0.1, 0.15) is 0 Å². The molecule has 1 aromatic carbocycles. The summed E-state index contributed by atoms with van der Waals surface area (Å²) in [5, 5.41) is 0. The second kappa shape index (κ2) is 5.26. The van der Waals surface area contributed by atoms with E-state index in [4.69, 9.17) is 0 Å². The number of hydrogen-bond acceptors (Lipinski definition) is 2. The maximum Gasteiger partial charge on any atom is 0.0951 e. The van der Waals surface area contributed by atoms with Crippen molar-refractivity contribution in [1.29, 1.82) is 0 Å². The minimum absolute atomic E-state index is 0.357. The number of hydrogen-bond donors (Lipinski definition) is 1. The van der Waals surface area contributed by atoms with Crippen LogP contribution in [-0.4, -0.2) is 19.5 Å². The first-order chi connectivity index (χ1) is 9.38. The monoisotopic (exact) mass is 254 g/mol. The summed E-state index contributed by atoms with van der Waals surface area (Å²) in [6, 6.07) is 6.80. The third-order valence-corrected chi connectivity index (χ3v) is 3.54. The minimum Gasteiger partial charge on any atom is -0.345 e. The number of rotatable bonds is 5. The first-order valence-electron chi connectivity index (χ1n) is 6.79. The molecule has 3 rings (SSSR count). The number of imidazole rings is 2. The fraction of sp³-hybridized carbons (Fsp3) is 0.333. The van der Waals surface area contributed by atoms with Crippen molar-refractivity contribution in [2.24, 2.45) is 0 Å². The van der Waals surface area contributed by atoms with Gasteiger partial charge < -0.3 is 9.55 Å². The third-order valence-electron chi connectivity index (χ3n) is 3.54. The summed E-state index contributed by atoms with van der Waals surface area (Å²) in [7, 11) is 0. The molecule has 98 valence electrons. The van der Waals surface area contributed by atoms with E-state index in [1.54, 1.807) is 6.33 Å². The maximum absolute atomic E-state index is 4.27. The molecule has 0 aliphatic carbocycles. The van der Waals surface area contributed by atoms with Crippen molar-refractivity contribution in [3.63, 3.8) is 0 Å². The van der Waals surface area contributed by atoms with Gasteiger partial charge in [0.15, 0.2) is 0 Å². The molecule has 1 N–H and O–H groups in total. The highest BCUT2D eigenvalue weighted by Crippen LogP contribution is 2.26. The van der Waals surface area contributed by atoms with E-state index in [0.717, 1.165) is 17.5 Å². The van der Waals surface area contributed by atoms with Gasteiger partial charge in [-0.25, -0.2) is 9.97 Å². The molecule has 1 atom stereocenters. The van der Waals surface area contributed by atoms with Gasteiger partial charge in [-0.2, -0.15) is 0 Å². The van der Waals surface area contributed by atoms with Crippen LogP contribution < -0.4 is 0 Å². The van der Waals surface area contributed by atoms with Crippen LogP contribution in [0, 0.1) is 0 Å². The lowest BCUT2D eigenvalue weighted by molar-refractivity contribution is 0.515. The van der Waals surface area contributed by atoms with Gasteiger partial charge in [-0.1, -0.05) is 25.8 Å². The van der Waals surface area contributed by atoms with Gasteiger partial charge in [0.25, 0.3) is 0 Å². The smallest absolute Gasteiger partial charge is 0.0951 e. The van der Waals surface area contributed by atoms with Crippen molar-refractivity contribution in [1.82, 2.24) is 19.5 Å². The van der Waals surface area contributed by atoms with E-state index in [1.165, 1.54) is 18.4 Å². The predicted octanol–water partition coefficient (Wildman–Crippen LogP) is 3.54. The third kappa shape index (κ3) is 2.38. The van der Waals surface area contributed by atoms with Crippen molar-refractivity contribution in [2.45, 2.75) is 32.2 Å². The zero-order valence-electron chi connectivity index (χ0n) is 11.1. The second-order valence-electron chi connectivity index (χ2n) is 4.85. The highest BCUT2D eigenvalue weighted by molar-refractivity contribution is 5.75. The van der Waals surface area contributed by atoms with E-state index in [9.17, 15) is 0 Å². The molecule has 19 heavy (non-hydrogen) atoms. The van der Waals surface area contributed by atoms with Crippen molar-refractivity contribution < 1.29 is 0 Å². The Balaban J connectivity index is 1.97. The molecule has 0 spiro atoms. The number of nitrogens with one attached hydrogen (secondary N) is 1. The van der Waals surface area contributed by atoms with Gasteiger partial charge in [-0.05, 0) is 24.1 Å². The van der Waals surface area contributed by atoms with E-state index >= 15 is 0 Å². The summed E-state index contributed by atoms with van der Waals surface area (Å²) < 4.78 is 2.19. The Kier molecular flexibility index (Phi) is 3.31. The number of nitrogens with zero attached hydrogens (tertiary/aromatic N) is 3. The van der Waals surface area contributed by atoms with E-state index in [0.29, 0.717) is 6.04 Å².